The van der Waals surface area contributed by atoms with Crippen molar-refractivity contribution in [2.24, 2.45) is 0 Å². The molecule has 0 atom stereocenters. The summed E-state index contributed by atoms with van der Waals surface area (Å²) >= 11 is 12.6. The Bertz CT molecular complexity index is 1270. The SMILES string of the molecule is O=C(Nc1ccc2c(c1)OCCO2)c1ccc2nc(-c3c(Cl)cccc3Cl)[nH]c2c1. The van der Waals surface area contributed by atoms with Gasteiger partial charge in [0, 0.05) is 17.3 Å². The van der Waals surface area contributed by atoms with Crippen molar-refractivity contribution >= 4 is 45.8 Å². The van der Waals surface area contributed by atoms with E-state index in [0.717, 1.165) is 0 Å². The zero-order valence-corrected chi connectivity index (χ0v) is 17.1. The van der Waals surface area contributed by atoms with Crippen LogP contribution in [0.4, 0.5) is 5.69 Å². The molecule has 2 N–H and O–H groups in total. The largest absolute Gasteiger partial charge is 0.486 e. The molecule has 0 saturated carbocycles. The highest BCUT2D eigenvalue weighted by Crippen LogP contribution is 2.34. The van der Waals surface area contributed by atoms with Crippen LogP contribution in [-0.4, -0.2) is 29.1 Å². The van der Waals surface area contributed by atoms with Gasteiger partial charge in [-0.2, -0.15) is 0 Å². The first kappa shape index (κ1) is 18.8. The maximum absolute atomic E-state index is 12.8. The van der Waals surface area contributed by atoms with E-state index in [4.69, 9.17) is 32.7 Å². The Kier molecular flexibility index (Phi) is 4.73. The lowest BCUT2D eigenvalue weighted by atomic mass is 10.2. The summed E-state index contributed by atoms with van der Waals surface area (Å²) in [4.78, 5) is 20.5. The van der Waals surface area contributed by atoms with Gasteiger partial charge in [0.15, 0.2) is 11.5 Å². The normalized spacial score (nSPS) is 12.7. The number of hydrogen-bond donors (Lipinski definition) is 2. The third-order valence-corrected chi connectivity index (χ3v) is 5.37. The van der Waals surface area contributed by atoms with Gasteiger partial charge in [-0.3, -0.25) is 4.79 Å². The molecule has 0 unspecified atom stereocenters. The number of imidazole rings is 1. The molecule has 2 heterocycles. The summed E-state index contributed by atoms with van der Waals surface area (Å²) in [7, 11) is 0. The Morgan fingerprint density at radius 1 is 0.967 bits per heavy atom. The number of carbonyl (C=O) groups excluding carboxylic acids is 1. The Morgan fingerprint density at radius 2 is 1.73 bits per heavy atom. The number of fused-ring (bicyclic) bond motifs is 2. The van der Waals surface area contributed by atoms with Gasteiger partial charge in [-0.25, -0.2) is 4.98 Å². The zero-order valence-electron chi connectivity index (χ0n) is 15.5. The number of carbonyl (C=O) groups is 1. The van der Waals surface area contributed by atoms with Crippen LogP contribution in [0.3, 0.4) is 0 Å². The summed E-state index contributed by atoms with van der Waals surface area (Å²) in [6.07, 6.45) is 0. The van der Waals surface area contributed by atoms with Gasteiger partial charge in [0.2, 0.25) is 0 Å². The summed E-state index contributed by atoms with van der Waals surface area (Å²) in [6.45, 7) is 1.00. The quantitative estimate of drug-likeness (QED) is 0.437. The summed E-state index contributed by atoms with van der Waals surface area (Å²) in [5, 5.41) is 3.88. The van der Waals surface area contributed by atoms with Gasteiger partial charge in [0.25, 0.3) is 5.91 Å². The molecule has 1 amide bonds. The molecule has 0 saturated heterocycles. The standard InChI is InChI=1S/C22H15Cl2N3O3/c23-14-2-1-3-15(24)20(14)21-26-16-6-4-12(10-17(16)27-21)22(28)25-13-5-7-18-19(11-13)30-9-8-29-18/h1-7,10-11H,8-9H2,(H,25,28)(H,26,27). The Labute approximate surface area is 181 Å². The molecule has 0 spiro atoms. The van der Waals surface area contributed by atoms with Crippen molar-refractivity contribution in [1.29, 1.82) is 0 Å². The summed E-state index contributed by atoms with van der Waals surface area (Å²) in [5.41, 5.74) is 3.14. The molecule has 1 aliphatic heterocycles. The molecule has 8 heteroatoms. The smallest absolute Gasteiger partial charge is 0.255 e. The molecule has 30 heavy (non-hydrogen) atoms. The van der Waals surface area contributed by atoms with E-state index in [-0.39, 0.29) is 5.91 Å². The highest BCUT2D eigenvalue weighted by Gasteiger charge is 2.16. The molecule has 0 radical (unpaired) electrons. The highest BCUT2D eigenvalue weighted by molar-refractivity contribution is 6.39. The average molecular weight is 440 g/mol. The third kappa shape index (κ3) is 3.44. The number of benzene rings is 3. The second kappa shape index (κ2) is 7.55. The fourth-order valence-corrected chi connectivity index (χ4v) is 3.89. The van der Waals surface area contributed by atoms with E-state index >= 15 is 0 Å². The predicted octanol–water partition coefficient (Wildman–Crippen LogP) is 5.56. The lowest BCUT2D eigenvalue weighted by Gasteiger charge is -2.19. The number of aromatic nitrogens is 2. The van der Waals surface area contributed by atoms with Crippen LogP contribution >= 0.6 is 23.2 Å². The first-order valence-corrected chi connectivity index (χ1v) is 9.99. The third-order valence-electron chi connectivity index (χ3n) is 4.74. The van der Waals surface area contributed by atoms with Gasteiger partial charge in [-0.15, -0.1) is 0 Å². The molecule has 1 aliphatic rings. The number of amides is 1. The van der Waals surface area contributed by atoms with E-state index in [1.54, 1.807) is 54.6 Å². The van der Waals surface area contributed by atoms with Crippen molar-refractivity contribution in [2.75, 3.05) is 18.5 Å². The first-order chi connectivity index (χ1) is 14.6. The highest BCUT2D eigenvalue weighted by atomic mass is 35.5. The Hall–Kier alpha value is -3.22. The maximum Gasteiger partial charge on any atom is 0.255 e. The second-order valence-electron chi connectivity index (χ2n) is 6.73. The molecule has 1 aromatic heterocycles. The van der Waals surface area contributed by atoms with Gasteiger partial charge in [-0.05, 0) is 42.5 Å². The number of anilines is 1. The van der Waals surface area contributed by atoms with E-state index in [1.807, 2.05) is 0 Å². The number of nitrogens with one attached hydrogen (secondary N) is 2. The number of ether oxygens (including phenoxy) is 2. The molecular weight excluding hydrogens is 425 g/mol. The van der Waals surface area contributed by atoms with Crippen molar-refractivity contribution in [3.05, 3.63) is 70.2 Å². The van der Waals surface area contributed by atoms with Crippen LogP contribution in [0.2, 0.25) is 10.0 Å². The molecule has 150 valence electrons. The van der Waals surface area contributed by atoms with E-state index in [2.05, 4.69) is 15.3 Å². The summed E-state index contributed by atoms with van der Waals surface area (Å²) < 4.78 is 11.1. The maximum atomic E-state index is 12.8. The van der Waals surface area contributed by atoms with E-state index in [0.29, 0.717) is 68.4 Å². The molecule has 6 nitrogen and oxygen atoms in total. The van der Waals surface area contributed by atoms with E-state index in [9.17, 15) is 4.79 Å². The van der Waals surface area contributed by atoms with Crippen molar-refractivity contribution in [3.8, 4) is 22.9 Å². The fourth-order valence-electron chi connectivity index (χ4n) is 3.32. The lowest BCUT2D eigenvalue weighted by molar-refractivity contribution is 0.102. The van der Waals surface area contributed by atoms with Gasteiger partial charge < -0.3 is 19.8 Å². The minimum absolute atomic E-state index is 0.250. The van der Waals surface area contributed by atoms with Crippen LogP contribution in [-0.2, 0) is 0 Å². The number of rotatable bonds is 3. The zero-order chi connectivity index (χ0) is 20.7. The summed E-state index contributed by atoms with van der Waals surface area (Å²) in [6, 6.07) is 15.8. The Balaban J connectivity index is 1.43. The molecule has 5 rings (SSSR count). The van der Waals surface area contributed by atoms with Crippen LogP contribution in [0.15, 0.2) is 54.6 Å². The number of hydrogen-bond acceptors (Lipinski definition) is 4. The van der Waals surface area contributed by atoms with E-state index in [1.165, 1.54) is 0 Å². The molecule has 3 aromatic carbocycles. The van der Waals surface area contributed by atoms with Crippen LogP contribution in [0, 0.1) is 0 Å². The predicted molar refractivity (Wildman–Crippen MR) is 117 cm³/mol. The topological polar surface area (TPSA) is 76.2 Å². The number of aromatic amines is 1. The van der Waals surface area contributed by atoms with Crippen LogP contribution in [0.1, 0.15) is 10.4 Å². The molecular formula is C22H15Cl2N3O3. The average Bonchev–Trinajstić information content (AvgIpc) is 3.16. The van der Waals surface area contributed by atoms with Crippen molar-refractivity contribution in [2.45, 2.75) is 0 Å². The van der Waals surface area contributed by atoms with Gasteiger partial charge in [-0.1, -0.05) is 29.3 Å². The molecule has 0 bridgehead atoms. The fraction of sp³-hybridized carbons (Fsp3) is 0.0909. The monoisotopic (exact) mass is 439 g/mol. The first-order valence-electron chi connectivity index (χ1n) is 9.23. The van der Waals surface area contributed by atoms with Crippen molar-refractivity contribution in [1.82, 2.24) is 9.97 Å². The number of H-pyrrole nitrogens is 1. The van der Waals surface area contributed by atoms with Gasteiger partial charge >= 0.3 is 0 Å². The minimum Gasteiger partial charge on any atom is -0.486 e. The molecule has 0 aliphatic carbocycles. The number of halogens is 2. The van der Waals surface area contributed by atoms with Crippen LogP contribution in [0.5, 0.6) is 11.5 Å². The van der Waals surface area contributed by atoms with Crippen molar-refractivity contribution < 1.29 is 14.3 Å². The summed E-state index contributed by atoms with van der Waals surface area (Å²) in [5.74, 6) is 1.58. The van der Waals surface area contributed by atoms with Crippen LogP contribution in [0.25, 0.3) is 22.4 Å². The minimum atomic E-state index is -0.250. The molecule has 4 aromatic rings. The lowest BCUT2D eigenvalue weighted by Crippen LogP contribution is -2.16. The van der Waals surface area contributed by atoms with Gasteiger partial charge in [0.05, 0.1) is 26.6 Å². The number of nitrogens with zero attached hydrogens (tertiary/aromatic N) is 1. The Morgan fingerprint density at radius 3 is 2.53 bits per heavy atom. The van der Waals surface area contributed by atoms with E-state index < -0.39 is 0 Å². The second-order valence-corrected chi connectivity index (χ2v) is 7.54. The van der Waals surface area contributed by atoms with Crippen molar-refractivity contribution in [3.63, 3.8) is 0 Å². The van der Waals surface area contributed by atoms with Crippen LogP contribution < -0.4 is 14.8 Å². The molecule has 0 fully saturated rings. The van der Waals surface area contributed by atoms with Gasteiger partial charge in [0.1, 0.15) is 19.0 Å².